The SMILES string of the molecule is Cc1cc(Nc2nc3c(N4CCc5nc(N)ncc5C4)nccn3n2)ccc1C(C)(C)C(=O)C=N. The topological polar surface area (TPSA) is 151 Å². The van der Waals surface area contributed by atoms with Crippen LogP contribution in [0, 0.1) is 12.3 Å². The van der Waals surface area contributed by atoms with Crippen LogP contribution in [-0.2, 0) is 23.2 Å². The largest absolute Gasteiger partial charge is 0.368 e. The highest BCUT2D eigenvalue weighted by Gasteiger charge is 2.29. The molecular formula is C24H26N10O. The molecule has 0 bridgehead atoms. The average molecular weight is 471 g/mol. The van der Waals surface area contributed by atoms with Gasteiger partial charge in [-0.1, -0.05) is 6.07 Å². The molecule has 0 amide bonds. The van der Waals surface area contributed by atoms with Crippen LogP contribution in [0.5, 0.6) is 0 Å². The number of carbonyl (C=O) groups excluding carboxylic acids is 1. The maximum absolute atomic E-state index is 12.2. The highest BCUT2D eigenvalue weighted by Crippen LogP contribution is 2.30. The zero-order valence-corrected chi connectivity index (χ0v) is 19.8. The number of rotatable bonds is 6. The molecule has 11 nitrogen and oxygen atoms in total. The Morgan fingerprint density at radius 1 is 1.26 bits per heavy atom. The highest BCUT2D eigenvalue weighted by molar-refractivity contribution is 6.30. The number of carbonyl (C=O) groups is 1. The summed E-state index contributed by atoms with van der Waals surface area (Å²) in [5, 5.41) is 15.2. The van der Waals surface area contributed by atoms with Gasteiger partial charge >= 0.3 is 0 Å². The van der Waals surface area contributed by atoms with E-state index in [2.05, 4.69) is 30.3 Å². The minimum absolute atomic E-state index is 0.237. The van der Waals surface area contributed by atoms with Gasteiger partial charge in [0.25, 0.3) is 0 Å². The summed E-state index contributed by atoms with van der Waals surface area (Å²) in [4.78, 5) is 32.1. The smallest absolute Gasteiger partial charge is 0.247 e. The van der Waals surface area contributed by atoms with Crippen molar-refractivity contribution in [2.75, 3.05) is 22.5 Å². The Morgan fingerprint density at radius 3 is 2.86 bits per heavy atom. The average Bonchev–Trinajstić information content (AvgIpc) is 3.25. The molecule has 0 radical (unpaired) electrons. The molecule has 5 rings (SSSR count). The van der Waals surface area contributed by atoms with Crippen LogP contribution < -0.4 is 16.0 Å². The lowest BCUT2D eigenvalue weighted by Gasteiger charge is -2.28. The van der Waals surface area contributed by atoms with Crippen LogP contribution in [0.4, 0.5) is 23.4 Å². The van der Waals surface area contributed by atoms with Crippen LogP contribution >= 0.6 is 0 Å². The Kier molecular flexibility index (Phi) is 5.39. The van der Waals surface area contributed by atoms with Crippen LogP contribution in [0.25, 0.3) is 5.65 Å². The number of anilines is 4. The molecule has 0 unspecified atom stereocenters. The molecule has 1 aliphatic rings. The minimum Gasteiger partial charge on any atom is -0.368 e. The van der Waals surface area contributed by atoms with Gasteiger partial charge in [-0.3, -0.25) is 4.79 Å². The van der Waals surface area contributed by atoms with E-state index in [1.165, 1.54) is 0 Å². The molecular weight excluding hydrogens is 444 g/mol. The number of nitrogens with one attached hydrogen (secondary N) is 2. The van der Waals surface area contributed by atoms with Crippen LogP contribution in [0.1, 0.15) is 36.2 Å². The van der Waals surface area contributed by atoms with E-state index < -0.39 is 5.41 Å². The number of fused-ring (bicyclic) bond motifs is 2. The van der Waals surface area contributed by atoms with Gasteiger partial charge in [0.15, 0.2) is 17.2 Å². The van der Waals surface area contributed by atoms with E-state index in [1.54, 1.807) is 23.1 Å². The van der Waals surface area contributed by atoms with Gasteiger partial charge in [-0.05, 0) is 44.0 Å². The normalized spacial score (nSPS) is 13.5. The lowest BCUT2D eigenvalue weighted by atomic mass is 9.78. The number of ketones is 1. The van der Waals surface area contributed by atoms with Gasteiger partial charge < -0.3 is 21.4 Å². The number of nitrogen functional groups attached to an aromatic ring is 1. The highest BCUT2D eigenvalue weighted by atomic mass is 16.1. The van der Waals surface area contributed by atoms with E-state index in [0.717, 1.165) is 53.1 Å². The molecule has 1 aromatic carbocycles. The summed E-state index contributed by atoms with van der Waals surface area (Å²) in [7, 11) is 0. The maximum atomic E-state index is 12.2. The van der Waals surface area contributed by atoms with Gasteiger partial charge in [-0.2, -0.15) is 4.98 Å². The number of hydrogen-bond acceptors (Lipinski definition) is 10. The fourth-order valence-corrected chi connectivity index (χ4v) is 4.48. The number of benzene rings is 1. The molecule has 0 aliphatic carbocycles. The Hall–Kier alpha value is -4.41. The minimum atomic E-state index is -0.768. The molecule has 4 heterocycles. The number of nitrogens with two attached hydrogens (primary N) is 1. The first kappa shape index (κ1) is 22.4. The molecule has 0 spiro atoms. The van der Waals surface area contributed by atoms with Crippen LogP contribution in [0.2, 0.25) is 0 Å². The zero-order chi connectivity index (χ0) is 24.7. The van der Waals surface area contributed by atoms with E-state index in [4.69, 9.17) is 16.1 Å². The molecule has 35 heavy (non-hydrogen) atoms. The lowest BCUT2D eigenvalue weighted by molar-refractivity contribution is -0.116. The lowest BCUT2D eigenvalue weighted by Crippen LogP contribution is -2.32. The van der Waals surface area contributed by atoms with Gasteiger partial charge in [-0.15, -0.1) is 5.10 Å². The molecule has 4 aromatic rings. The van der Waals surface area contributed by atoms with Crippen molar-refractivity contribution in [2.24, 2.45) is 0 Å². The third kappa shape index (κ3) is 4.05. The molecule has 4 N–H and O–H groups in total. The Morgan fingerprint density at radius 2 is 2.09 bits per heavy atom. The molecule has 1 aliphatic heterocycles. The molecule has 0 saturated heterocycles. The second-order valence-electron chi connectivity index (χ2n) is 9.11. The molecule has 178 valence electrons. The van der Waals surface area contributed by atoms with Gasteiger partial charge in [0.2, 0.25) is 11.9 Å². The zero-order valence-electron chi connectivity index (χ0n) is 19.8. The van der Waals surface area contributed by atoms with Crippen molar-refractivity contribution in [1.82, 2.24) is 29.5 Å². The van der Waals surface area contributed by atoms with E-state index in [1.807, 2.05) is 39.0 Å². The summed E-state index contributed by atoms with van der Waals surface area (Å²) in [5.74, 6) is 1.22. The van der Waals surface area contributed by atoms with Crippen molar-refractivity contribution in [3.63, 3.8) is 0 Å². The van der Waals surface area contributed by atoms with Crippen molar-refractivity contribution >= 4 is 41.0 Å². The first-order valence-electron chi connectivity index (χ1n) is 11.3. The second kappa shape index (κ2) is 8.42. The summed E-state index contributed by atoms with van der Waals surface area (Å²) < 4.78 is 1.70. The Bertz CT molecular complexity index is 1460. The van der Waals surface area contributed by atoms with Gasteiger partial charge in [0, 0.05) is 49.4 Å². The van der Waals surface area contributed by atoms with Crippen LogP contribution in [-0.4, -0.2) is 48.1 Å². The maximum Gasteiger partial charge on any atom is 0.247 e. The van der Waals surface area contributed by atoms with E-state index in [0.29, 0.717) is 24.1 Å². The predicted octanol–water partition coefficient (Wildman–Crippen LogP) is 2.61. The van der Waals surface area contributed by atoms with Crippen molar-refractivity contribution in [1.29, 1.82) is 5.41 Å². The Labute approximate surface area is 202 Å². The number of aryl methyl sites for hydroxylation is 1. The monoisotopic (exact) mass is 470 g/mol. The quantitative estimate of drug-likeness (QED) is 0.361. The third-order valence-electron chi connectivity index (χ3n) is 6.39. The summed E-state index contributed by atoms with van der Waals surface area (Å²) in [6, 6.07) is 5.74. The van der Waals surface area contributed by atoms with E-state index in [-0.39, 0.29) is 5.78 Å². The summed E-state index contributed by atoms with van der Waals surface area (Å²) in [6.45, 7) is 6.95. The molecule has 3 aromatic heterocycles. The summed E-state index contributed by atoms with van der Waals surface area (Å²) in [5.41, 5.74) is 10.2. The second-order valence-corrected chi connectivity index (χ2v) is 9.11. The van der Waals surface area contributed by atoms with E-state index in [9.17, 15) is 4.79 Å². The number of aromatic nitrogens is 6. The fraction of sp³-hybridized carbons (Fsp3) is 0.292. The first-order chi connectivity index (χ1) is 16.8. The molecule has 0 fully saturated rings. The number of nitrogens with zero attached hydrogens (tertiary/aromatic N) is 7. The van der Waals surface area contributed by atoms with Gasteiger partial charge in [0.05, 0.1) is 17.3 Å². The molecule has 0 saturated carbocycles. The van der Waals surface area contributed by atoms with Gasteiger partial charge in [-0.25, -0.2) is 19.5 Å². The first-order valence-corrected chi connectivity index (χ1v) is 11.3. The summed E-state index contributed by atoms with van der Waals surface area (Å²) >= 11 is 0. The predicted molar refractivity (Wildman–Crippen MR) is 133 cm³/mol. The Balaban J connectivity index is 1.41. The molecule has 11 heteroatoms. The van der Waals surface area contributed by atoms with Crippen LogP contribution in [0.15, 0.2) is 36.8 Å². The number of Topliss-reactive ketones (excluding diaryl/α,β-unsaturated/α-hetero) is 1. The summed E-state index contributed by atoms with van der Waals surface area (Å²) in [6.07, 6.45) is 6.85. The fourth-order valence-electron chi connectivity index (χ4n) is 4.48. The van der Waals surface area contributed by atoms with Crippen molar-refractivity contribution in [3.8, 4) is 0 Å². The van der Waals surface area contributed by atoms with Gasteiger partial charge in [0.1, 0.15) is 0 Å². The number of hydrogen-bond donors (Lipinski definition) is 3. The molecule has 0 atom stereocenters. The third-order valence-corrected chi connectivity index (χ3v) is 6.39. The standard InChI is InChI=1S/C24H26N10O/c1-14-10-16(4-5-17(14)24(2,3)19(35)11-25)29-23-31-21-20(27-7-9-34(21)32-23)33-8-6-18-15(13-33)12-28-22(26)30-18/h4-5,7,9-12,25H,6,8,13H2,1-3H3,(H,29,32)(H2,26,28,30). The van der Waals surface area contributed by atoms with E-state index >= 15 is 0 Å². The van der Waals surface area contributed by atoms with Crippen molar-refractivity contribution in [3.05, 3.63) is 59.2 Å². The van der Waals surface area contributed by atoms with Crippen LogP contribution in [0.3, 0.4) is 0 Å². The van der Waals surface area contributed by atoms with Crippen molar-refractivity contribution < 1.29 is 4.79 Å². The van der Waals surface area contributed by atoms with Crippen molar-refractivity contribution in [2.45, 2.75) is 39.2 Å².